The zero-order valence-electron chi connectivity index (χ0n) is 15.1. The van der Waals surface area contributed by atoms with E-state index in [1.807, 2.05) is 41.3 Å². The molecule has 1 aliphatic heterocycles. The second-order valence-corrected chi connectivity index (χ2v) is 6.64. The molecule has 0 aliphatic carbocycles. The highest BCUT2D eigenvalue weighted by molar-refractivity contribution is 5.95. The first kappa shape index (κ1) is 17.2. The molecule has 0 bridgehead atoms. The molecule has 3 heterocycles. The van der Waals surface area contributed by atoms with Crippen LogP contribution in [0.3, 0.4) is 0 Å². The lowest BCUT2D eigenvalue weighted by Gasteiger charge is -2.32. The van der Waals surface area contributed by atoms with Crippen LogP contribution < -0.4 is 4.74 Å². The number of aromatic amines is 1. The number of methoxy groups -OCH3 is 1. The van der Waals surface area contributed by atoms with Crippen LogP contribution in [0.2, 0.25) is 0 Å². The van der Waals surface area contributed by atoms with E-state index in [4.69, 9.17) is 4.74 Å². The van der Waals surface area contributed by atoms with Crippen molar-refractivity contribution in [3.63, 3.8) is 0 Å². The molecule has 3 aromatic rings. The van der Waals surface area contributed by atoms with Crippen molar-refractivity contribution in [2.45, 2.75) is 18.8 Å². The molecule has 0 saturated carbocycles. The van der Waals surface area contributed by atoms with Crippen molar-refractivity contribution in [2.24, 2.45) is 0 Å². The molecule has 1 fully saturated rings. The van der Waals surface area contributed by atoms with Crippen LogP contribution in [0.1, 0.15) is 34.8 Å². The van der Waals surface area contributed by atoms with Crippen molar-refractivity contribution in [2.75, 3.05) is 20.2 Å². The van der Waals surface area contributed by atoms with Crippen LogP contribution in [0.4, 0.5) is 0 Å². The Morgan fingerprint density at radius 3 is 2.89 bits per heavy atom. The van der Waals surface area contributed by atoms with Gasteiger partial charge in [-0.3, -0.25) is 9.89 Å². The Morgan fingerprint density at radius 2 is 2.15 bits per heavy atom. The summed E-state index contributed by atoms with van der Waals surface area (Å²) in [7, 11) is 1.55. The van der Waals surface area contributed by atoms with Crippen LogP contribution in [0.15, 0.2) is 48.7 Å². The SMILES string of the molecule is COc1ccc(-c2cccc(C(=O)N3CCC[C@H](c4ccn[nH]4)C3)c2)nn1. The number of rotatable bonds is 4. The van der Waals surface area contributed by atoms with E-state index in [0.717, 1.165) is 30.6 Å². The Morgan fingerprint density at radius 1 is 1.22 bits per heavy atom. The molecule has 1 saturated heterocycles. The summed E-state index contributed by atoms with van der Waals surface area (Å²) in [5.41, 5.74) is 3.32. The molecule has 1 aliphatic rings. The van der Waals surface area contributed by atoms with Gasteiger partial charge in [0.05, 0.1) is 12.8 Å². The van der Waals surface area contributed by atoms with Crippen LogP contribution in [-0.4, -0.2) is 51.4 Å². The monoisotopic (exact) mass is 363 g/mol. The molecule has 0 radical (unpaired) electrons. The lowest BCUT2D eigenvalue weighted by Crippen LogP contribution is -2.39. The normalized spacial score (nSPS) is 16.9. The molecule has 1 amide bonds. The molecule has 1 atom stereocenters. The van der Waals surface area contributed by atoms with Crippen LogP contribution in [0.25, 0.3) is 11.3 Å². The number of nitrogens with one attached hydrogen (secondary N) is 1. The molecule has 7 nitrogen and oxygen atoms in total. The number of amides is 1. The van der Waals surface area contributed by atoms with Crippen LogP contribution in [0, 0.1) is 0 Å². The van der Waals surface area contributed by atoms with Gasteiger partial charge < -0.3 is 9.64 Å². The van der Waals surface area contributed by atoms with E-state index in [0.29, 0.717) is 29.6 Å². The predicted molar refractivity (Wildman–Crippen MR) is 100 cm³/mol. The Balaban J connectivity index is 1.53. The Labute approximate surface area is 157 Å². The standard InChI is InChI=1S/C20H21N5O2/c1-27-19-8-7-17(23-24-19)14-4-2-5-15(12-14)20(26)25-11-3-6-16(13-25)18-9-10-21-22-18/h2,4-5,7-10,12,16H,3,6,11,13H2,1H3,(H,21,22)/t16-/m0/s1. The zero-order chi connectivity index (χ0) is 18.6. The fraction of sp³-hybridized carbons (Fsp3) is 0.300. The summed E-state index contributed by atoms with van der Waals surface area (Å²) in [5, 5.41) is 15.2. The number of ether oxygens (including phenoxy) is 1. The van der Waals surface area contributed by atoms with Gasteiger partial charge in [-0.25, -0.2) is 0 Å². The molecule has 138 valence electrons. The largest absolute Gasteiger partial charge is 0.480 e. The fourth-order valence-electron chi connectivity index (χ4n) is 3.49. The summed E-state index contributed by atoms with van der Waals surface area (Å²) in [6, 6.07) is 13.1. The molecule has 27 heavy (non-hydrogen) atoms. The van der Waals surface area contributed by atoms with Crippen molar-refractivity contribution < 1.29 is 9.53 Å². The maximum atomic E-state index is 13.0. The zero-order valence-corrected chi connectivity index (χ0v) is 15.1. The second kappa shape index (κ2) is 7.57. The minimum Gasteiger partial charge on any atom is -0.480 e. The van der Waals surface area contributed by atoms with Crippen molar-refractivity contribution >= 4 is 5.91 Å². The van der Waals surface area contributed by atoms with Gasteiger partial charge in [0.1, 0.15) is 0 Å². The van der Waals surface area contributed by atoms with E-state index in [9.17, 15) is 4.79 Å². The number of carbonyl (C=O) groups excluding carboxylic acids is 1. The average Bonchev–Trinajstić information content (AvgIpc) is 3.28. The van der Waals surface area contributed by atoms with Gasteiger partial charge in [0.15, 0.2) is 0 Å². The number of hydrogen-bond acceptors (Lipinski definition) is 5. The number of H-pyrrole nitrogens is 1. The minimum atomic E-state index is 0.0440. The number of carbonyl (C=O) groups is 1. The van der Waals surface area contributed by atoms with Gasteiger partial charge in [0.2, 0.25) is 5.88 Å². The number of nitrogens with zero attached hydrogens (tertiary/aromatic N) is 4. The summed E-state index contributed by atoms with van der Waals surface area (Å²) in [6.07, 6.45) is 3.81. The second-order valence-electron chi connectivity index (χ2n) is 6.64. The Bertz CT molecular complexity index is 908. The maximum absolute atomic E-state index is 13.0. The Hall–Kier alpha value is -3.22. The smallest absolute Gasteiger partial charge is 0.253 e. The molecular formula is C20H21N5O2. The molecule has 1 N–H and O–H groups in total. The topological polar surface area (TPSA) is 84.0 Å². The first-order chi connectivity index (χ1) is 13.2. The van der Waals surface area contributed by atoms with E-state index < -0.39 is 0 Å². The van der Waals surface area contributed by atoms with Crippen molar-refractivity contribution in [1.29, 1.82) is 0 Å². The van der Waals surface area contributed by atoms with Gasteiger partial charge in [-0.1, -0.05) is 12.1 Å². The lowest BCUT2D eigenvalue weighted by atomic mass is 9.94. The van der Waals surface area contributed by atoms with Crippen molar-refractivity contribution in [1.82, 2.24) is 25.3 Å². The van der Waals surface area contributed by atoms with Gasteiger partial charge in [-0.15, -0.1) is 10.2 Å². The van der Waals surface area contributed by atoms with Gasteiger partial charge in [-0.05, 0) is 37.1 Å². The Kier molecular flexibility index (Phi) is 4.82. The van der Waals surface area contributed by atoms with Crippen LogP contribution in [-0.2, 0) is 0 Å². The highest BCUT2D eigenvalue weighted by Crippen LogP contribution is 2.27. The number of likely N-dealkylation sites (tertiary alicyclic amines) is 1. The van der Waals surface area contributed by atoms with Gasteiger partial charge in [-0.2, -0.15) is 5.10 Å². The maximum Gasteiger partial charge on any atom is 0.253 e. The van der Waals surface area contributed by atoms with Crippen molar-refractivity contribution in [3.05, 3.63) is 59.9 Å². The minimum absolute atomic E-state index is 0.0440. The molecule has 4 rings (SSSR count). The molecule has 7 heteroatoms. The van der Waals surface area contributed by atoms with E-state index >= 15 is 0 Å². The number of aromatic nitrogens is 4. The fourth-order valence-corrected chi connectivity index (χ4v) is 3.49. The highest BCUT2D eigenvalue weighted by Gasteiger charge is 2.26. The number of piperidine rings is 1. The average molecular weight is 363 g/mol. The molecule has 2 aromatic heterocycles. The number of benzene rings is 1. The van der Waals surface area contributed by atoms with Gasteiger partial charge >= 0.3 is 0 Å². The molecular weight excluding hydrogens is 342 g/mol. The van der Waals surface area contributed by atoms with Gasteiger partial charge in [0.25, 0.3) is 5.91 Å². The summed E-state index contributed by atoms with van der Waals surface area (Å²) < 4.78 is 5.05. The third kappa shape index (κ3) is 3.67. The van der Waals surface area contributed by atoms with E-state index in [-0.39, 0.29) is 5.91 Å². The highest BCUT2D eigenvalue weighted by atomic mass is 16.5. The first-order valence-corrected chi connectivity index (χ1v) is 9.01. The van der Waals surface area contributed by atoms with Crippen molar-refractivity contribution in [3.8, 4) is 17.1 Å². The van der Waals surface area contributed by atoms with E-state index in [1.165, 1.54) is 0 Å². The summed E-state index contributed by atoms with van der Waals surface area (Å²) in [5.74, 6) is 0.813. The molecule has 0 spiro atoms. The van der Waals surface area contributed by atoms with E-state index in [1.54, 1.807) is 19.4 Å². The quantitative estimate of drug-likeness (QED) is 0.770. The third-order valence-corrected chi connectivity index (χ3v) is 4.93. The lowest BCUT2D eigenvalue weighted by molar-refractivity contribution is 0.0706. The van der Waals surface area contributed by atoms with Gasteiger partial charge in [0, 0.05) is 48.1 Å². The molecule has 1 aromatic carbocycles. The first-order valence-electron chi connectivity index (χ1n) is 9.01. The third-order valence-electron chi connectivity index (χ3n) is 4.93. The summed E-state index contributed by atoms with van der Waals surface area (Å²) in [4.78, 5) is 15.0. The summed E-state index contributed by atoms with van der Waals surface area (Å²) in [6.45, 7) is 1.48. The predicted octanol–water partition coefficient (Wildman–Crippen LogP) is 2.90. The molecule has 0 unspecified atom stereocenters. The number of hydrogen-bond donors (Lipinski definition) is 1. The van der Waals surface area contributed by atoms with Crippen LogP contribution >= 0.6 is 0 Å². The van der Waals surface area contributed by atoms with Crippen LogP contribution in [0.5, 0.6) is 5.88 Å². The summed E-state index contributed by atoms with van der Waals surface area (Å²) >= 11 is 0. The van der Waals surface area contributed by atoms with E-state index in [2.05, 4.69) is 20.4 Å².